The number of halogens is 2. The van der Waals surface area contributed by atoms with Crippen LogP contribution < -0.4 is 15.6 Å². The highest BCUT2D eigenvalue weighted by Gasteiger charge is 2.55. The molecule has 3 aliphatic rings. The van der Waals surface area contributed by atoms with E-state index in [1.165, 1.54) is 6.20 Å². The van der Waals surface area contributed by atoms with Gasteiger partial charge >= 0.3 is 5.97 Å². The number of nitrogens with zero attached hydrogens (tertiary/aromatic N) is 2. The Bertz CT molecular complexity index is 1120. The minimum atomic E-state index is -1.31. The summed E-state index contributed by atoms with van der Waals surface area (Å²) in [6.07, 6.45) is 5.35. The molecule has 0 amide bonds. The van der Waals surface area contributed by atoms with E-state index in [1.807, 2.05) is 11.9 Å². The van der Waals surface area contributed by atoms with Gasteiger partial charge in [-0.3, -0.25) is 4.79 Å². The number of hydrogen-bond acceptors (Lipinski definition) is 4. The van der Waals surface area contributed by atoms with Crippen LogP contribution in [-0.2, 0) is 0 Å². The molecule has 2 aliphatic carbocycles. The van der Waals surface area contributed by atoms with Crippen LogP contribution in [0.25, 0.3) is 10.9 Å². The Morgan fingerprint density at radius 3 is 2.59 bits per heavy atom. The second-order valence-corrected chi connectivity index (χ2v) is 9.10. The van der Waals surface area contributed by atoms with E-state index in [-0.39, 0.29) is 39.0 Å². The molecule has 1 aromatic heterocycles. The van der Waals surface area contributed by atoms with Gasteiger partial charge in [0, 0.05) is 42.3 Å². The van der Waals surface area contributed by atoms with Crippen molar-refractivity contribution in [1.82, 2.24) is 9.88 Å². The van der Waals surface area contributed by atoms with Gasteiger partial charge in [0.05, 0.1) is 21.6 Å². The van der Waals surface area contributed by atoms with Crippen molar-refractivity contribution in [3.05, 3.63) is 38.4 Å². The largest absolute Gasteiger partial charge is 0.477 e. The number of hydrogen-bond donors (Lipinski definition) is 2. The normalized spacial score (nSPS) is 22.6. The lowest BCUT2D eigenvalue weighted by atomic mass is 10.0. The highest BCUT2D eigenvalue weighted by Crippen LogP contribution is 2.55. The first-order chi connectivity index (χ1) is 13.8. The molecule has 29 heavy (non-hydrogen) atoms. The van der Waals surface area contributed by atoms with Crippen LogP contribution >= 0.6 is 11.6 Å². The molecule has 1 spiro atoms. The molecule has 0 bridgehead atoms. The summed E-state index contributed by atoms with van der Waals surface area (Å²) in [6.45, 7) is 2.92. The summed E-state index contributed by atoms with van der Waals surface area (Å²) < 4.78 is 17.3. The van der Waals surface area contributed by atoms with Gasteiger partial charge in [-0.2, -0.15) is 0 Å². The topological polar surface area (TPSA) is 74.6 Å². The molecule has 1 atom stereocenters. The van der Waals surface area contributed by atoms with E-state index in [4.69, 9.17) is 11.6 Å². The SMILES string of the molecule is CNC1CN(c2c(F)c(C)c3c(=O)c(C(=O)O)cn(C4CC4)c3c2Cl)CC12CC2. The van der Waals surface area contributed by atoms with E-state index in [0.29, 0.717) is 17.7 Å². The van der Waals surface area contributed by atoms with Gasteiger partial charge in [0.1, 0.15) is 5.56 Å². The lowest BCUT2D eigenvalue weighted by Gasteiger charge is -2.25. The Morgan fingerprint density at radius 1 is 1.38 bits per heavy atom. The summed E-state index contributed by atoms with van der Waals surface area (Å²) in [7, 11) is 1.93. The van der Waals surface area contributed by atoms with Crippen LogP contribution in [-0.4, -0.2) is 41.8 Å². The van der Waals surface area contributed by atoms with Crippen molar-refractivity contribution >= 4 is 34.2 Å². The fraction of sp³-hybridized carbons (Fsp3) is 0.524. The smallest absolute Gasteiger partial charge is 0.341 e. The fourth-order valence-electron chi connectivity index (χ4n) is 4.97. The number of fused-ring (bicyclic) bond motifs is 1. The Balaban J connectivity index is 1.78. The Hall–Kier alpha value is -2.12. The number of benzene rings is 1. The quantitative estimate of drug-likeness (QED) is 0.795. The van der Waals surface area contributed by atoms with E-state index in [9.17, 15) is 14.7 Å². The van der Waals surface area contributed by atoms with Gasteiger partial charge in [0.2, 0.25) is 5.43 Å². The van der Waals surface area contributed by atoms with Crippen LogP contribution in [0.2, 0.25) is 5.02 Å². The third kappa shape index (κ3) is 2.63. The number of carboxylic acid groups (broad SMARTS) is 1. The number of carboxylic acids is 1. The predicted octanol–water partition coefficient (Wildman–Crippen LogP) is 3.32. The van der Waals surface area contributed by atoms with Crippen molar-refractivity contribution in [1.29, 1.82) is 0 Å². The van der Waals surface area contributed by atoms with E-state index in [1.54, 1.807) is 11.5 Å². The molecule has 2 heterocycles. The number of anilines is 1. The van der Waals surface area contributed by atoms with Gasteiger partial charge in [0.15, 0.2) is 5.82 Å². The second kappa shape index (κ2) is 6.19. The molecular formula is C21H23ClFN3O3. The predicted molar refractivity (Wildman–Crippen MR) is 110 cm³/mol. The highest BCUT2D eigenvalue weighted by atomic mass is 35.5. The zero-order valence-corrected chi connectivity index (χ0v) is 17.1. The fourth-order valence-corrected chi connectivity index (χ4v) is 5.37. The van der Waals surface area contributed by atoms with Crippen molar-refractivity contribution in [3.63, 3.8) is 0 Å². The molecule has 1 saturated heterocycles. The molecule has 3 fully saturated rings. The summed E-state index contributed by atoms with van der Waals surface area (Å²) in [5.41, 5.74) is 0.0935. The molecule has 5 rings (SSSR count). The first-order valence-electron chi connectivity index (χ1n) is 10.0. The summed E-state index contributed by atoms with van der Waals surface area (Å²) in [5.74, 6) is -1.84. The molecule has 1 aliphatic heterocycles. The summed E-state index contributed by atoms with van der Waals surface area (Å²) in [4.78, 5) is 26.5. The molecule has 154 valence electrons. The van der Waals surface area contributed by atoms with Crippen molar-refractivity contribution in [2.45, 2.75) is 44.7 Å². The van der Waals surface area contributed by atoms with Crippen molar-refractivity contribution < 1.29 is 14.3 Å². The van der Waals surface area contributed by atoms with E-state index < -0.39 is 17.2 Å². The molecule has 2 saturated carbocycles. The van der Waals surface area contributed by atoms with E-state index in [2.05, 4.69) is 5.32 Å². The Labute approximate surface area is 172 Å². The summed E-state index contributed by atoms with van der Waals surface area (Å²) in [6, 6.07) is 0.360. The maximum atomic E-state index is 15.6. The number of nitrogens with one attached hydrogen (secondary N) is 1. The van der Waals surface area contributed by atoms with Crippen molar-refractivity contribution in [3.8, 4) is 0 Å². The van der Waals surface area contributed by atoms with Crippen LogP contribution in [0.3, 0.4) is 0 Å². The number of aromatic nitrogens is 1. The molecule has 2 aromatic rings. The Morgan fingerprint density at radius 2 is 2.07 bits per heavy atom. The third-order valence-electron chi connectivity index (χ3n) is 6.94. The number of likely N-dealkylation sites (N-methyl/N-ethyl adjacent to an activating group) is 1. The number of aryl methyl sites for hydroxylation is 1. The van der Waals surface area contributed by atoms with Crippen LogP contribution in [0.1, 0.15) is 47.6 Å². The Kier molecular flexibility index (Phi) is 4.03. The number of rotatable bonds is 4. The molecule has 6 nitrogen and oxygen atoms in total. The minimum absolute atomic E-state index is 0.0774. The van der Waals surface area contributed by atoms with Gasteiger partial charge in [0.25, 0.3) is 0 Å². The second-order valence-electron chi connectivity index (χ2n) is 8.72. The average Bonchev–Trinajstić information content (AvgIpc) is 3.58. The lowest BCUT2D eigenvalue weighted by molar-refractivity contribution is 0.0695. The van der Waals surface area contributed by atoms with E-state index >= 15 is 4.39 Å². The number of pyridine rings is 1. The van der Waals surface area contributed by atoms with Gasteiger partial charge in [-0.15, -0.1) is 0 Å². The summed E-state index contributed by atoms with van der Waals surface area (Å²) >= 11 is 6.77. The molecule has 1 aromatic carbocycles. The average molecular weight is 420 g/mol. The minimum Gasteiger partial charge on any atom is -0.477 e. The lowest BCUT2D eigenvalue weighted by Crippen LogP contribution is -2.34. The van der Waals surface area contributed by atoms with Crippen LogP contribution in [0.4, 0.5) is 10.1 Å². The standard InChI is InChI=1S/C21H23ClFN3O3/c1-10-14-17(26(11-3-4-11)7-12(19(14)27)20(28)29)15(22)18(16(10)23)25-8-13(24-2)21(9-25)5-6-21/h7,11,13,24H,3-6,8-9H2,1-2H3,(H,28,29). The maximum Gasteiger partial charge on any atom is 0.341 e. The monoisotopic (exact) mass is 419 g/mol. The maximum absolute atomic E-state index is 15.6. The molecule has 2 N–H and O–H groups in total. The first-order valence-corrected chi connectivity index (χ1v) is 10.4. The zero-order valence-electron chi connectivity index (χ0n) is 16.4. The van der Waals surface area contributed by atoms with E-state index in [0.717, 1.165) is 32.2 Å². The van der Waals surface area contributed by atoms with Crippen LogP contribution in [0, 0.1) is 18.2 Å². The molecule has 8 heteroatoms. The van der Waals surface area contributed by atoms with Gasteiger partial charge in [-0.05, 0) is 39.7 Å². The van der Waals surface area contributed by atoms with Gasteiger partial charge in [-0.25, -0.2) is 9.18 Å². The number of aromatic carboxylic acids is 1. The summed E-state index contributed by atoms with van der Waals surface area (Å²) in [5, 5.41) is 13.1. The molecule has 0 radical (unpaired) electrons. The number of carbonyl (C=O) groups is 1. The first kappa shape index (κ1) is 18.9. The van der Waals surface area contributed by atoms with Crippen LogP contribution in [0.5, 0.6) is 0 Å². The third-order valence-corrected chi connectivity index (χ3v) is 7.30. The zero-order chi connectivity index (χ0) is 20.7. The van der Waals surface area contributed by atoms with Crippen molar-refractivity contribution in [2.24, 2.45) is 5.41 Å². The van der Waals surface area contributed by atoms with Crippen LogP contribution in [0.15, 0.2) is 11.0 Å². The highest BCUT2D eigenvalue weighted by molar-refractivity contribution is 6.38. The molecule has 1 unspecified atom stereocenters. The molecular weight excluding hydrogens is 397 g/mol. The van der Waals surface area contributed by atoms with Gasteiger partial charge < -0.3 is 19.9 Å². The van der Waals surface area contributed by atoms with Crippen molar-refractivity contribution in [2.75, 3.05) is 25.0 Å². The van der Waals surface area contributed by atoms with Gasteiger partial charge in [-0.1, -0.05) is 11.6 Å².